The van der Waals surface area contributed by atoms with Crippen molar-refractivity contribution in [2.75, 3.05) is 50.5 Å². The normalized spacial score (nSPS) is 14.8. The number of carbonyl (C=O) groups excluding carboxylic acids is 2. The lowest BCUT2D eigenvalue weighted by Crippen LogP contribution is -2.36. The quantitative estimate of drug-likeness (QED) is 0.671. The van der Waals surface area contributed by atoms with Gasteiger partial charge in [-0.3, -0.25) is 9.59 Å². The van der Waals surface area contributed by atoms with Gasteiger partial charge >= 0.3 is 0 Å². The van der Waals surface area contributed by atoms with Crippen LogP contribution in [-0.2, 0) is 9.53 Å². The Kier molecular flexibility index (Phi) is 5.34. The van der Waals surface area contributed by atoms with Gasteiger partial charge in [0.25, 0.3) is 5.91 Å². The number of hydrogen-bond acceptors (Lipinski definition) is 7. The maximum absolute atomic E-state index is 12.0. The topological polar surface area (TPSA) is 110 Å². The zero-order valence-electron chi connectivity index (χ0n) is 11.8. The molecule has 0 saturated carbocycles. The van der Waals surface area contributed by atoms with Crippen molar-refractivity contribution in [1.82, 2.24) is 15.6 Å². The van der Waals surface area contributed by atoms with Gasteiger partial charge in [0.15, 0.2) is 5.13 Å². The summed E-state index contributed by atoms with van der Waals surface area (Å²) in [6.45, 7) is 3.04. The van der Waals surface area contributed by atoms with Gasteiger partial charge in [0.1, 0.15) is 10.7 Å². The Morgan fingerprint density at radius 2 is 2.14 bits per heavy atom. The van der Waals surface area contributed by atoms with Crippen molar-refractivity contribution >= 4 is 34.1 Å². The maximum Gasteiger partial charge on any atom is 0.265 e. The zero-order chi connectivity index (χ0) is 15.2. The molecule has 116 valence electrons. The molecule has 0 aliphatic carbocycles. The van der Waals surface area contributed by atoms with Crippen LogP contribution in [0.5, 0.6) is 0 Å². The second-order valence-electron chi connectivity index (χ2n) is 4.49. The van der Waals surface area contributed by atoms with Crippen molar-refractivity contribution in [3.05, 3.63) is 4.88 Å². The van der Waals surface area contributed by atoms with E-state index >= 15 is 0 Å². The third-order valence-corrected chi connectivity index (χ3v) is 4.18. The first-order chi connectivity index (χ1) is 10.1. The van der Waals surface area contributed by atoms with E-state index in [1.807, 2.05) is 4.90 Å². The molecular weight excluding hydrogens is 294 g/mol. The molecule has 8 nitrogen and oxygen atoms in total. The number of anilines is 2. The van der Waals surface area contributed by atoms with Crippen molar-refractivity contribution < 1.29 is 14.3 Å². The SMILES string of the molecule is CNC(=O)CCNC(=O)c1sc(N2CCOCC2)nc1N. The van der Waals surface area contributed by atoms with Crippen molar-refractivity contribution in [2.45, 2.75) is 6.42 Å². The number of rotatable bonds is 5. The summed E-state index contributed by atoms with van der Waals surface area (Å²) in [7, 11) is 1.56. The summed E-state index contributed by atoms with van der Waals surface area (Å²) in [4.78, 5) is 29.8. The van der Waals surface area contributed by atoms with Crippen molar-refractivity contribution in [3.8, 4) is 0 Å². The fourth-order valence-corrected chi connectivity index (χ4v) is 2.82. The summed E-state index contributed by atoms with van der Waals surface area (Å²) in [5.41, 5.74) is 5.81. The number of amides is 2. The van der Waals surface area contributed by atoms with E-state index in [0.29, 0.717) is 18.1 Å². The van der Waals surface area contributed by atoms with E-state index in [-0.39, 0.29) is 30.6 Å². The van der Waals surface area contributed by atoms with Gasteiger partial charge in [-0.25, -0.2) is 4.98 Å². The second-order valence-corrected chi connectivity index (χ2v) is 5.47. The molecule has 0 radical (unpaired) electrons. The molecule has 1 aromatic rings. The van der Waals surface area contributed by atoms with Crippen LogP contribution in [-0.4, -0.2) is 56.7 Å². The van der Waals surface area contributed by atoms with Crippen LogP contribution in [0.1, 0.15) is 16.1 Å². The van der Waals surface area contributed by atoms with Crippen LogP contribution in [0.2, 0.25) is 0 Å². The summed E-state index contributed by atoms with van der Waals surface area (Å²) >= 11 is 1.26. The number of nitrogens with two attached hydrogens (primary N) is 1. The molecule has 1 saturated heterocycles. The van der Waals surface area contributed by atoms with E-state index in [1.165, 1.54) is 11.3 Å². The minimum absolute atomic E-state index is 0.124. The predicted molar refractivity (Wildman–Crippen MR) is 80.6 cm³/mol. The molecule has 0 unspecified atom stereocenters. The third kappa shape index (κ3) is 4.05. The maximum atomic E-state index is 12.0. The minimum atomic E-state index is -0.298. The van der Waals surface area contributed by atoms with Crippen LogP contribution in [0.4, 0.5) is 10.9 Å². The molecule has 4 N–H and O–H groups in total. The molecule has 2 rings (SSSR count). The van der Waals surface area contributed by atoms with Gasteiger partial charge in [0, 0.05) is 33.1 Å². The summed E-state index contributed by atoms with van der Waals surface area (Å²) in [5, 5.41) is 5.89. The van der Waals surface area contributed by atoms with Crippen LogP contribution in [0, 0.1) is 0 Å². The van der Waals surface area contributed by atoms with Crippen molar-refractivity contribution in [2.24, 2.45) is 0 Å². The van der Waals surface area contributed by atoms with E-state index in [1.54, 1.807) is 7.05 Å². The Bertz CT molecular complexity index is 513. The first-order valence-electron chi connectivity index (χ1n) is 6.69. The molecule has 0 bridgehead atoms. The largest absolute Gasteiger partial charge is 0.382 e. The summed E-state index contributed by atoms with van der Waals surface area (Å²) in [6.07, 6.45) is 0.233. The molecule has 1 aliphatic heterocycles. The smallest absolute Gasteiger partial charge is 0.265 e. The number of nitrogens with one attached hydrogen (secondary N) is 2. The number of thiazole rings is 1. The lowest BCUT2D eigenvalue weighted by Gasteiger charge is -2.25. The molecule has 2 amide bonds. The molecule has 9 heteroatoms. The number of nitrogens with zero attached hydrogens (tertiary/aromatic N) is 2. The fourth-order valence-electron chi connectivity index (χ4n) is 1.87. The van der Waals surface area contributed by atoms with Gasteiger partial charge in [-0.05, 0) is 0 Å². The van der Waals surface area contributed by atoms with Gasteiger partial charge in [-0.15, -0.1) is 0 Å². The van der Waals surface area contributed by atoms with E-state index < -0.39 is 0 Å². The van der Waals surface area contributed by atoms with Gasteiger partial charge in [-0.2, -0.15) is 0 Å². The first kappa shape index (κ1) is 15.5. The Morgan fingerprint density at radius 3 is 2.81 bits per heavy atom. The average molecular weight is 313 g/mol. The van der Waals surface area contributed by atoms with Crippen molar-refractivity contribution in [3.63, 3.8) is 0 Å². The highest BCUT2D eigenvalue weighted by molar-refractivity contribution is 7.18. The summed E-state index contributed by atoms with van der Waals surface area (Å²) in [6, 6.07) is 0. The Hall–Kier alpha value is -1.87. The summed E-state index contributed by atoms with van der Waals surface area (Å²) < 4.78 is 5.28. The first-order valence-corrected chi connectivity index (χ1v) is 7.51. The zero-order valence-corrected chi connectivity index (χ0v) is 12.7. The van der Waals surface area contributed by atoms with Crippen LogP contribution >= 0.6 is 11.3 Å². The molecule has 0 spiro atoms. The number of nitrogen functional groups attached to an aromatic ring is 1. The molecule has 21 heavy (non-hydrogen) atoms. The van der Waals surface area contributed by atoms with Gasteiger partial charge in [0.05, 0.1) is 13.2 Å². The Labute approximate surface area is 126 Å². The van der Waals surface area contributed by atoms with E-state index in [0.717, 1.165) is 18.2 Å². The number of carbonyl (C=O) groups is 2. The minimum Gasteiger partial charge on any atom is -0.382 e. The highest BCUT2D eigenvalue weighted by atomic mass is 32.1. The van der Waals surface area contributed by atoms with Crippen LogP contribution < -0.4 is 21.3 Å². The van der Waals surface area contributed by atoms with E-state index in [9.17, 15) is 9.59 Å². The molecular formula is C12H19N5O3S. The molecule has 0 aromatic carbocycles. The second kappa shape index (κ2) is 7.23. The predicted octanol–water partition coefficient (Wildman–Crippen LogP) is -0.572. The molecule has 1 fully saturated rings. The standard InChI is InChI=1S/C12H19N5O3S/c1-14-8(18)2-3-15-11(19)9-10(13)16-12(21-9)17-4-6-20-7-5-17/h2-7,13H2,1H3,(H,14,18)(H,15,19). The van der Waals surface area contributed by atoms with Crippen LogP contribution in [0.25, 0.3) is 0 Å². The van der Waals surface area contributed by atoms with E-state index in [2.05, 4.69) is 15.6 Å². The Morgan fingerprint density at radius 1 is 1.43 bits per heavy atom. The highest BCUT2D eigenvalue weighted by Gasteiger charge is 2.20. The number of ether oxygens (including phenoxy) is 1. The average Bonchev–Trinajstić information content (AvgIpc) is 2.90. The molecule has 1 aliphatic rings. The molecule has 1 aromatic heterocycles. The van der Waals surface area contributed by atoms with Crippen LogP contribution in [0.3, 0.4) is 0 Å². The number of aromatic nitrogens is 1. The third-order valence-electron chi connectivity index (χ3n) is 3.05. The van der Waals surface area contributed by atoms with Gasteiger partial charge in [-0.1, -0.05) is 11.3 Å². The monoisotopic (exact) mass is 313 g/mol. The lowest BCUT2D eigenvalue weighted by molar-refractivity contribution is -0.120. The molecule has 0 atom stereocenters. The number of morpholine rings is 1. The summed E-state index contributed by atoms with van der Waals surface area (Å²) in [5.74, 6) is -0.200. The van der Waals surface area contributed by atoms with Gasteiger partial charge < -0.3 is 26.0 Å². The van der Waals surface area contributed by atoms with Crippen molar-refractivity contribution in [1.29, 1.82) is 0 Å². The Balaban J connectivity index is 1.94. The van der Waals surface area contributed by atoms with E-state index in [4.69, 9.17) is 10.5 Å². The molecule has 2 heterocycles. The van der Waals surface area contributed by atoms with Gasteiger partial charge in [0.2, 0.25) is 5.91 Å². The lowest BCUT2D eigenvalue weighted by atomic mass is 10.4. The number of hydrogen-bond donors (Lipinski definition) is 3. The fraction of sp³-hybridized carbons (Fsp3) is 0.583. The van der Waals surface area contributed by atoms with Crippen LogP contribution in [0.15, 0.2) is 0 Å². The highest BCUT2D eigenvalue weighted by Crippen LogP contribution is 2.28.